The molecule has 1 aromatic rings. The van der Waals surface area contributed by atoms with E-state index in [-0.39, 0.29) is 0 Å². The second-order valence-electron chi connectivity index (χ2n) is 7.15. The Kier molecular flexibility index (Phi) is 4.74. The third-order valence-corrected chi connectivity index (χ3v) is 4.49. The molecule has 0 saturated heterocycles. The first-order valence-electron chi connectivity index (χ1n) is 8.57. The van der Waals surface area contributed by atoms with E-state index >= 15 is 0 Å². The summed E-state index contributed by atoms with van der Waals surface area (Å²) in [7, 11) is 0. The largest absolute Gasteiger partial charge is 0.478 e. The summed E-state index contributed by atoms with van der Waals surface area (Å²) in [5.41, 5.74) is 2.25. The molecule has 2 aliphatic rings. The summed E-state index contributed by atoms with van der Waals surface area (Å²) in [6.45, 7) is 10.1. The van der Waals surface area contributed by atoms with Gasteiger partial charge in [-0.1, -0.05) is 27.7 Å². The molecule has 1 aromatic heterocycles. The van der Waals surface area contributed by atoms with E-state index in [1.54, 1.807) is 0 Å². The number of ether oxygens (including phenoxy) is 2. The van der Waals surface area contributed by atoms with Gasteiger partial charge < -0.3 is 14.5 Å². The highest BCUT2D eigenvalue weighted by Gasteiger charge is 2.23. The van der Waals surface area contributed by atoms with E-state index in [1.807, 2.05) is 0 Å². The van der Waals surface area contributed by atoms with Gasteiger partial charge in [0.05, 0.1) is 24.9 Å². The molecule has 0 fully saturated rings. The third-order valence-electron chi connectivity index (χ3n) is 4.49. The second kappa shape index (κ2) is 6.77. The Balaban J connectivity index is 1.57. The van der Waals surface area contributed by atoms with E-state index in [1.165, 1.54) is 0 Å². The molecule has 2 aliphatic heterocycles. The van der Waals surface area contributed by atoms with Crippen LogP contribution < -0.4 is 0 Å². The highest BCUT2D eigenvalue weighted by Crippen LogP contribution is 2.18. The zero-order valence-electron chi connectivity index (χ0n) is 14.5. The predicted molar refractivity (Wildman–Crippen MR) is 92.2 cm³/mol. The first-order chi connectivity index (χ1) is 11.0. The van der Waals surface area contributed by atoms with Crippen molar-refractivity contribution in [1.82, 2.24) is 4.98 Å². The van der Waals surface area contributed by atoms with Crippen molar-refractivity contribution in [2.24, 2.45) is 21.8 Å². The van der Waals surface area contributed by atoms with Crippen LogP contribution >= 0.6 is 0 Å². The summed E-state index contributed by atoms with van der Waals surface area (Å²) >= 11 is 0. The molecular formula is C18H27N3O2. The number of aliphatic imine (C=N–C) groups is 2. The van der Waals surface area contributed by atoms with Gasteiger partial charge in [0, 0.05) is 11.4 Å². The van der Waals surface area contributed by atoms with E-state index in [4.69, 9.17) is 9.47 Å². The number of rotatable bonds is 6. The Bertz CT molecular complexity index is 551. The highest BCUT2D eigenvalue weighted by atomic mass is 16.5. The molecule has 126 valence electrons. The van der Waals surface area contributed by atoms with Crippen molar-refractivity contribution >= 4 is 11.8 Å². The fraction of sp³-hybridized carbons (Fsp3) is 0.667. The van der Waals surface area contributed by atoms with Crippen molar-refractivity contribution < 1.29 is 9.47 Å². The Morgan fingerprint density at radius 1 is 0.913 bits per heavy atom. The van der Waals surface area contributed by atoms with Gasteiger partial charge in [0.25, 0.3) is 0 Å². The molecule has 0 saturated carbocycles. The Morgan fingerprint density at radius 3 is 1.70 bits per heavy atom. The summed E-state index contributed by atoms with van der Waals surface area (Å²) in [5, 5.41) is 0. The van der Waals surface area contributed by atoms with Crippen molar-refractivity contribution in [2.45, 2.75) is 52.6 Å². The van der Waals surface area contributed by atoms with Gasteiger partial charge in [-0.2, -0.15) is 0 Å². The van der Waals surface area contributed by atoms with Crippen molar-refractivity contribution in [3.8, 4) is 0 Å². The molecule has 3 rings (SSSR count). The number of nitrogens with zero attached hydrogens (tertiary/aromatic N) is 2. The number of hydrogen-bond acceptors (Lipinski definition) is 4. The molecule has 0 aromatic carbocycles. The van der Waals surface area contributed by atoms with Crippen LogP contribution in [0.3, 0.4) is 0 Å². The monoisotopic (exact) mass is 317 g/mol. The second-order valence-corrected chi connectivity index (χ2v) is 7.15. The van der Waals surface area contributed by atoms with Crippen LogP contribution in [0.2, 0.25) is 0 Å². The molecule has 0 spiro atoms. The van der Waals surface area contributed by atoms with Crippen LogP contribution in [0.4, 0.5) is 0 Å². The summed E-state index contributed by atoms with van der Waals surface area (Å²) in [6.07, 6.45) is 1.45. The SMILES string of the molecule is CC(C)[C@H]1COC(Cc2ccc(CC3=N[C@@H](C(C)C)CO3)[nH]2)=N1. The Hall–Kier alpha value is -1.78. The number of nitrogens with one attached hydrogen (secondary N) is 1. The quantitative estimate of drug-likeness (QED) is 0.877. The van der Waals surface area contributed by atoms with Gasteiger partial charge in [-0.25, -0.2) is 9.98 Å². The third kappa shape index (κ3) is 3.95. The summed E-state index contributed by atoms with van der Waals surface area (Å²) < 4.78 is 11.4. The van der Waals surface area contributed by atoms with E-state index < -0.39 is 0 Å². The molecule has 0 radical (unpaired) electrons. The summed E-state index contributed by atoms with van der Waals surface area (Å²) in [4.78, 5) is 12.7. The topological polar surface area (TPSA) is 59.0 Å². The summed E-state index contributed by atoms with van der Waals surface area (Å²) in [5.74, 6) is 2.73. The number of aromatic amines is 1. The molecule has 3 heterocycles. The smallest absolute Gasteiger partial charge is 0.189 e. The molecule has 5 nitrogen and oxygen atoms in total. The van der Waals surface area contributed by atoms with Gasteiger partial charge in [-0.3, -0.25) is 0 Å². The average Bonchev–Trinajstić information content (AvgIpc) is 3.21. The van der Waals surface area contributed by atoms with E-state index in [9.17, 15) is 0 Å². The van der Waals surface area contributed by atoms with Crippen LogP contribution in [-0.4, -0.2) is 42.1 Å². The molecule has 0 bridgehead atoms. The van der Waals surface area contributed by atoms with Gasteiger partial charge in [0.1, 0.15) is 13.2 Å². The van der Waals surface area contributed by atoms with Crippen LogP contribution in [0.1, 0.15) is 39.1 Å². The van der Waals surface area contributed by atoms with Crippen LogP contribution in [0.15, 0.2) is 22.1 Å². The molecule has 2 atom stereocenters. The minimum Gasteiger partial charge on any atom is -0.478 e. The average molecular weight is 317 g/mol. The maximum absolute atomic E-state index is 5.70. The highest BCUT2D eigenvalue weighted by molar-refractivity contribution is 5.81. The van der Waals surface area contributed by atoms with Crippen molar-refractivity contribution in [3.05, 3.63) is 23.5 Å². The van der Waals surface area contributed by atoms with E-state index in [2.05, 4.69) is 54.8 Å². The first-order valence-corrected chi connectivity index (χ1v) is 8.57. The fourth-order valence-electron chi connectivity index (χ4n) is 2.78. The van der Waals surface area contributed by atoms with Crippen molar-refractivity contribution in [1.29, 1.82) is 0 Å². The normalized spacial score (nSPS) is 23.9. The van der Waals surface area contributed by atoms with Crippen molar-refractivity contribution in [2.75, 3.05) is 13.2 Å². The number of H-pyrrole nitrogens is 1. The minimum atomic E-state index is 0.300. The van der Waals surface area contributed by atoms with Gasteiger partial charge in [0.15, 0.2) is 11.8 Å². The lowest BCUT2D eigenvalue weighted by molar-refractivity contribution is 0.287. The number of aromatic nitrogens is 1. The standard InChI is InChI=1S/C18H27N3O2/c1-11(2)15-9-22-17(20-15)7-13-5-6-14(19-13)8-18-21-16(10-23-18)12(3)4/h5-6,11-12,15-16,19H,7-10H2,1-4H3/t15-,16-/m1/s1. The van der Waals surface area contributed by atoms with Crippen LogP contribution in [0.25, 0.3) is 0 Å². The zero-order valence-corrected chi connectivity index (χ0v) is 14.5. The van der Waals surface area contributed by atoms with Crippen LogP contribution in [0.5, 0.6) is 0 Å². The minimum absolute atomic E-state index is 0.300. The lowest BCUT2D eigenvalue weighted by Crippen LogP contribution is -2.13. The Labute approximate surface area is 138 Å². The maximum Gasteiger partial charge on any atom is 0.189 e. The molecule has 1 N–H and O–H groups in total. The predicted octanol–water partition coefficient (Wildman–Crippen LogP) is 3.01. The molecule has 23 heavy (non-hydrogen) atoms. The van der Waals surface area contributed by atoms with E-state index in [0.29, 0.717) is 37.1 Å². The van der Waals surface area contributed by atoms with Crippen molar-refractivity contribution in [3.63, 3.8) is 0 Å². The summed E-state index contributed by atoms with van der Waals surface area (Å²) in [6, 6.07) is 4.79. The fourth-order valence-corrected chi connectivity index (χ4v) is 2.78. The Morgan fingerprint density at radius 2 is 1.35 bits per heavy atom. The van der Waals surface area contributed by atoms with Crippen LogP contribution in [-0.2, 0) is 22.3 Å². The van der Waals surface area contributed by atoms with Gasteiger partial charge in [0.2, 0.25) is 0 Å². The lowest BCUT2D eigenvalue weighted by atomic mass is 10.1. The number of hydrogen-bond donors (Lipinski definition) is 1. The molecule has 0 amide bonds. The molecule has 0 unspecified atom stereocenters. The molecule has 5 heteroatoms. The maximum atomic E-state index is 5.70. The lowest BCUT2D eigenvalue weighted by Gasteiger charge is -2.06. The van der Waals surface area contributed by atoms with Gasteiger partial charge in [-0.15, -0.1) is 0 Å². The first kappa shape index (κ1) is 16.1. The van der Waals surface area contributed by atoms with Gasteiger partial charge in [-0.05, 0) is 24.0 Å². The van der Waals surface area contributed by atoms with Crippen LogP contribution in [0, 0.1) is 11.8 Å². The zero-order chi connectivity index (χ0) is 16.4. The molecule has 0 aliphatic carbocycles. The van der Waals surface area contributed by atoms with E-state index in [0.717, 1.165) is 36.0 Å². The molecular weight excluding hydrogens is 290 g/mol. The van der Waals surface area contributed by atoms with Gasteiger partial charge >= 0.3 is 0 Å².